The maximum atomic E-state index is 13.9. The first-order valence-electron chi connectivity index (χ1n) is 12.8. The highest BCUT2D eigenvalue weighted by Gasteiger charge is 2.90. The predicted molar refractivity (Wildman–Crippen MR) is 116 cm³/mol. The first-order valence-corrected chi connectivity index (χ1v) is 12.8. The summed E-state index contributed by atoms with van der Waals surface area (Å²) in [5.74, 6) is -36.5. The van der Waals surface area contributed by atoms with Gasteiger partial charge in [0.1, 0.15) is 12.4 Å². The van der Waals surface area contributed by atoms with Gasteiger partial charge in [-0.05, 0) is 19.3 Å². The molecule has 0 aromatic carbocycles. The standard InChI is InChI=1S/C24H34F13N2/c1-2-3-4-5-6-7-8-9-10-11-14-38-16-17-39(18-38)15-12-13-19(25,26)20(27,28)21(29,30)22(31,32)23(33,34)24(35,36)37/h16-18H,2-15H2,1H3/q+1. The molecule has 0 saturated heterocycles. The van der Waals surface area contributed by atoms with Crippen LogP contribution in [-0.2, 0) is 13.1 Å². The molecule has 0 spiro atoms. The number of alkyl halides is 13. The molecule has 0 bridgehead atoms. The second-order valence-electron chi connectivity index (χ2n) is 9.67. The first-order chi connectivity index (χ1) is 17.8. The average molecular weight is 598 g/mol. The lowest BCUT2D eigenvalue weighted by molar-refractivity contribution is -0.697. The Morgan fingerprint density at radius 2 is 1.03 bits per heavy atom. The molecule has 0 radical (unpaired) electrons. The van der Waals surface area contributed by atoms with Crippen LogP contribution < -0.4 is 4.57 Å². The fourth-order valence-corrected chi connectivity index (χ4v) is 3.93. The van der Waals surface area contributed by atoms with Gasteiger partial charge in [0.05, 0.1) is 13.1 Å². The van der Waals surface area contributed by atoms with Gasteiger partial charge in [-0.3, -0.25) is 0 Å². The van der Waals surface area contributed by atoms with Crippen LogP contribution in [0.4, 0.5) is 57.1 Å². The monoisotopic (exact) mass is 597 g/mol. The summed E-state index contributed by atoms with van der Waals surface area (Å²) in [7, 11) is 0. The normalized spacial score (nSPS) is 14.3. The van der Waals surface area contributed by atoms with Crippen LogP contribution in [0, 0.1) is 0 Å². The minimum Gasteiger partial charge on any atom is -0.237 e. The Morgan fingerprint density at radius 3 is 1.51 bits per heavy atom. The fraction of sp³-hybridized carbons (Fsp3) is 0.875. The third kappa shape index (κ3) is 8.40. The molecule has 15 heteroatoms. The molecule has 0 saturated carbocycles. The van der Waals surface area contributed by atoms with Crippen LogP contribution >= 0.6 is 0 Å². The number of hydrogen-bond acceptors (Lipinski definition) is 0. The van der Waals surface area contributed by atoms with Crippen molar-refractivity contribution in [1.29, 1.82) is 0 Å². The van der Waals surface area contributed by atoms with Crippen molar-refractivity contribution in [1.82, 2.24) is 4.57 Å². The number of unbranched alkanes of at least 4 members (excludes halogenated alkanes) is 9. The van der Waals surface area contributed by atoms with Crippen LogP contribution in [0.15, 0.2) is 18.7 Å². The molecule has 39 heavy (non-hydrogen) atoms. The molecule has 0 atom stereocenters. The lowest BCUT2D eigenvalue weighted by Crippen LogP contribution is -2.70. The third-order valence-electron chi connectivity index (χ3n) is 6.42. The Morgan fingerprint density at radius 1 is 0.564 bits per heavy atom. The Bertz CT molecular complexity index is 847. The summed E-state index contributed by atoms with van der Waals surface area (Å²) in [5, 5.41) is 0. The van der Waals surface area contributed by atoms with E-state index in [0.29, 0.717) is 6.54 Å². The van der Waals surface area contributed by atoms with Gasteiger partial charge in [-0.2, -0.15) is 57.1 Å². The smallest absolute Gasteiger partial charge is 0.237 e. The van der Waals surface area contributed by atoms with E-state index in [4.69, 9.17) is 0 Å². The SMILES string of the molecule is CCCCCCCCCCCCn1cc[n+](CCCC(F)(F)C(F)(F)C(F)(F)C(F)(F)C(F)(F)C(F)(F)F)c1. The number of halogens is 13. The lowest BCUT2D eigenvalue weighted by atomic mass is 9.92. The third-order valence-corrected chi connectivity index (χ3v) is 6.42. The number of imidazole rings is 1. The highest BCUT2D eigenvalue weighted by molar-refractivity contribution is 5.10. The van der Waals surface area contributed by atoms with Crippen LogP contribution in [-0.4, -0.2) is 40.4 Å². The Labute approximate surface area is 218 Å². The van der Waals surface area contributed by atoms with Crippen molar-refractivity contribution in [3.05, 3.63) is 18.7 Å². The molecular formula is C24H34F13N2+. The molecule has 2 nitrogen and oxygen atoms in total. The van der Waals surface area contributed by atoms with E-state index in [1.54, 1.807) is 4.57 Å². The zero-order valence-electron chi connectivity index (χ0n) is 21.4. The van der Waals surface area contributed by atoms with E-state index in [9.17, 15) is 57.1 Å². The summed E-state index contributed by atoms with van der Waals surface area (Å²) >= 11 is 0. The van der Waals surface area contributed by atoms with E-state index in [-0.39, 0.29) is 0 Å². The van der Waals surface area contributed by atoms with Crippen molar-refractivity contribution in [3.8, 4) is 0 Å². The summed E-state index contributed by atoms with van der Waals surface area (Å²) in [6.45, 7) is 2.23. The summed E-state index contributed by atoms with van der Waals surface area (Å²) in [6.07, 6.45) is 4.76. The number of rotatable bonds is 19. The van der Waals surface area contributed by atoms with Crippen LogP contribution in [0.3, 0.4) is 0 Å². The minimum absolute atomic E-state index is 0.461. The fourth-order valence-electron chi connectivity index (χ4n) is 3.93. The van der Waals surface area contributed by atoms with Gasteiger partial charge >= 0.3 is 35.8 Å². The number of hydrogen-bond donors (Lipinski definition) is 0. The molecular weight excluding hydrogens is 563 g/mol. The van der Waals surface area contributed by atoms with E-state index >= 15 is 0 Å². The van der Waals surface area contributed by atoms with Crippen molar-refractivity contribution in [3.63, 3.8) is 0 Å². The highest BCUT2D eigenvalue weighted by atomic mass is 19.4. The lowest BCUT2D eigenvalue weighted by Gasteiger charge is -2.39. The quantitative estimate of drug-likeness (QED) is 0.0854. The Balaban J connectivity index is 2.59. The maximum absolute atomic E-state index is 13.9. The zero-order valence-corrected chi connectivity index (χ0v) is 21.4. The molecule has 1 aromatic heterocycles. The first kappa shape index (κ1) is 35.3. The number of aryl methyl sites for hydroxylation is 2. The molecule has 0 unspecified atom stereocenters. The van der Waals surface area contributed by atoms with Gasteiger partial charge in [0.25, 0.3) is 0 Å². The Hall–Kier alpha value is -1.70. The molecule has 0 aliphatic heterocycles. The van der Waals surface area contributed by atoms with E-state index < -0.39 is 55.2 Å². The molecule has 0 amide bonds. The summed E-state index contributed by atoms with van der Waals surface area (Å²) in [5.41, 5.74) is 0. The molecule has 0 N–H and O–H groups in total. The number of aromatic nitrogens is 2. The largest absolute Gasteiger partial charge is 0.460 e. The van der Waals surface area contributed by atoms with Gasteiger partial charge in [-0.1, -0.05) is 58.3 Å². The second-order valence-corrected chi connectivity index (χ2v) is 9.67. The Kier molecular flexibility index (Phi) is 12.5. The van der Waals surface area contributed by atoms with Crippen LogP contribution in [0.5, 0.6) is 0 Å². The molecule has 0 fully saturated rings. The second kappa shape index (κ2) is 13.8. The highest BCUT2D eigenvalue weighted by Crippen LogP contribution is 2.60. The van der Waals surface area contributed by atoms with Crippen LogP contribution in [0.1, 0.15) is 84.0 Å². The van der Waals surface area contributed by atoms with Crippen molar-refractivity contribution >= 4 is 0 Å². The molecule has 1 rings (SSSR count). The average Bonchev–Trinajstić information content (AvgIpc) is 3.26. The summed E-state index contributed by atoms with van der Waals surface area (Å²) in [6, 6.07) is 0. The van der Waals surface area contributed by atoms with E-state index in [1.807, 2.05) is 0 Å². The van der Waals surface area contributed by atoms with Crippen molar-refractivity contribution < 1.29 is 61.6 Å². The molecule has 0 aliphatic rings. The predicted octanol–water partition coefficient (Wildman–Crippen LogP) is 9.22. The minimum atomic E-state index is -7.86. The van der Waals surface area contributed by atoms with Gasteiger partial charge in [-0.15, -0.1) is 0 Å². The molecule has 1 aromatic rings. The van der Waals surface area contributed by atoms with Gasteiger partial charge in [0.15, 0.2) is 0 Å². The molecule has 230 valence electrons. The van der Waals surface area contributed by atoms with Crippen LogP contribution in [0.2, 0.25) is 0 Å². The van der Waals surface area contributed by atoms with E-state index in [2.05, 4.69) is 6.92 Å². The van der Waals surface area contributed by atoms with Crippen LogP contribution in [0.25, 0.3) is 0 Å². The summed E-state index contributed by atoms with van der Waals surface area (Å²) in [4.78, 5) is 0. The van der Waals surface area contributed by atoms with Gasteiger partial charge in [0, 0.05) is 6.42 Å². The van der Waals surface area contributed by atoms with E-state index in [0.717, 1.165) is 32.1 Å². The van der Waals surface area contributed by atoms with E-state index in [1.165, 1.54) is 55.4 Å². The summed E-state index contributed by atoms with van der Waals surface area (Å²) < 4.78 is 174. The van der Waals surface area contributed by atoms with Crippen molar-refractivity contribution in [2.45, 2.75) is 133 Å². The van der Waals surface area contributed by atoms with Gasteiger partial charge < -0.3 is 0 Å². The molecule has 0 aliphatic carbocycles. The van der Waals surface area contributed by atoms with Crippen molar-refractivity contribution in [2.24, 2.45) is 0 Å². The molecule has 1 heterocycles. The number of nitrogens with zero attached hydrogens (tertiary/aromatic N) is 2. The van der Waals surface area contributed by atoms with Crippen molar-refractivity contribution in [2.75, 3.05) is 0 Å². The topological polar surface area (TPSA) is 8.81 Å². The van der Waals surface area contributed by atoms with Gasteiger partial charge in [0.2, 0.25) is 6.33 Å². The maximum Gasteiger partial charge on any atom is 0.460 e. The van der Waals surface area contributed by atoms with Gasteiger partial charge in [-0.25, -0.2) is 9.13 Å². The zero-order chi connectivity index (χ0) is 30.2.